The Morgan fingerprint density at radius 2 is 1.87 bits per heavy atom. The molecule has 0 aliphatic carbocycles. The lowest BCUT2D eigenvalue weighted by Gasteiger charge is -2.36. The number of fused-ring (bicyclic) bond motifs is 4. The van der Waals surface area contributed by atoms with Crippen molar-refractivity contribution in [1.82, 2.24) is 0 Å². The molecule has 1 saturated heterocycles. The molecule has 0 spiro atoms. The largest absolute Gasteiger partial charge is 0.487 e. The maximum absolute atomic E-state index is 12.7. The van der Waals surface area contributed by atoms with E-state index in [-0.39, 0.29) is 31.6 Å². The van der Waals surface area contributed by atoms with E-state index in [1.807, 2.05) is 6.07 Å². The minimum Gasteiger partial charge on any atom is -0.487 e. The van der Waals surface area contributed by atoms with Crippen molar-refractivity contribution in [2.75, 3.05) is 18.7 Å². The highest BCUT2D eigenvalue weighted by Gasteiger charge is 2.46. The van der Waals surface area contributed by atoms with Crippen LogP contribution in [0, 0.1) is 0 Å². The number of carbonyl (C=O) groups is 2. The Hall–Kier alpha value is -3.30. The van der Waals surface area contributed by atoms with Crippen LogP contribution in [0.3, 0.4) is 0 Å². The summed E-state index contributed by atoms with van der Waals surface area (Å²) in [6.07, 6.45) is -1.21. The van der Waals surface area contributed by atoms with Crippen LogP contribution in [-0.2, 0) is 9.53 Å². The number of aliphatic hydroxyl groups excluding tert-OH is 1. The lowest BCUT2D eigenvalue weighted by Crippen LogP contribution is -2.46. The Morgan fingerprint density at radius 1 is 1.06 bits per heavy atom. The average molecular weight is 427 g/mol. The van der Waals surface area contributed by atoms with E-state index < -0.39 is 24.3 Å². The van der Waals surface area contributed by atoms with Crippen molar-refractivity contribution in [3.63, 3.8) is 0 Å². The molecule has 0 saturated carbocycles. The van der Waals surface area contributed by atoms with Crippen molar-refractivity contribution in [3.8, 4) is 17.2 Å². The van der Waals surface area contributed by atoms with E-state index in [1.165, 1.54) is 0 Å². The lowest BCUT2D eigenvalue weighted by molar-refractivity contribution is -0.153. The highest BCUT2D eigenvalue weighted by atomic mass is 16.7. The van der Waals surface area contributed by atoms with Gasteiger partial charge in [0, 0.05) is 22.7 Å². The van der Waals surface area contributed by atoms with Gasteiger partial charge < -0.3 is 34.5 Å². The predicted molar refractivity (Wildman–Crippen MR) is 107 cm³/mol. The summed E-state index contributed by atoms with van der Waals surface area (Å²) < 4.78 is 22.3. The van der Waals surface area contributed by atoms with E-state index in [1.54, 1.807) is 30.3 Å². The number of aliphatic carboxylic acids is 1. The topological polar surface area (TPSA) is 124 Å². The molecule has 9 heteroatoms. The SMILES string of the molecule is O=C(O)C[C@H]1C[C@H]2c3cc(NC(=O)c4ccc5c(c4)OCO5)ccc3O[C@H]2[C@H](CO)O1. The van der Waals surface area contributed by atoms with Crippen LogP contribution in [0.4, 0.5) is 5.69 Å². The number of rotatable bonds is 5. The zero-order valence-electron chi connectivity index (χ0n) is 16.4. The first-order chi connectivity index (χ1) is 15.0. The highest BCUT2D eigenvalue weighted by molar-refractivity contribution is 6.04. The van der Waals surface area contributed by atoms with E-state index >= 15 is 0 Å². The van der Waals surface area contributed by atoms with Crippen LogP contribution in [0.2, 0.25) is 0 Å². The maximum atomic E-state index is 12.7. The van der Waals surface area contributed by atoms with Crippen LogP contribution < -0.4 is 19.5 Å². The predicted octanol–water partition coefficient (Wildman–Crippen LogP) is 2.14. The van der Waals surface area contributed by atoms with E-state index in [0.717, 1.165) is 5.56 Å². The van der Waals surface area contributed by atoms with Gasteiger partial charge in [0.05, 0.1) is 19.1 Å². The Balaban J connectivity index is 1.36. The number of carbonyl (C=O) groups excluding carboxylic acids is 1. The van der Waals surface area contributed by atoms with Gasteiger partial charge in [0.25, 0.3) is 5.91 Å². The van der Waals surface area contributed by atoms with Crippen LogP contribution in [0.25, 0.3) is 0 Å². The number of amides is 1. The average Bonchev–Trinajstić information content (AvgIpc) is 3.36. The summed E-state index contributed by atoms with van der Waals surface area (Å²) in [4.78, 5) is 23.9. The summed E-state index contributed by atoms with van der Waals surface area (Å²) in [6.45, 7) is -0.131. The van der Waals surface area contributed by atoms with Gasteiger partial charge in [-0.25, -0.2) is 0 Å². The third-order valence-electron chi connectivity index (χ3n) is 5.79. The van der Waals surface area contributed by atoms with Gasteiger partial charge in [0.15, 0.2) is 11.5 Å². The quantitative estimate of drug-likeness (QED) is 0.663. The Kier molecular flexibility index (Phi) is 4.91. The molecule has 0 radical (unpaired) electrons. The Bertz CT molecular complexity index is 1040. The third-order valence-corrected chi connectivity index (χ3v) is 5.79. The molecule has 0 unspecified atom stereocenters. The van der Waals surface area contributed by atoms with Crippen molar-refractivity contribution in [3.05, 3.63) is 47.5 Å². The molecule has 3 N–H and O–H groups in total. The van der Waals surface area contributed by atoms with E-state index in [9.17, 15) is 14.7 Å². The van der Waals surface area contributed by atoms with E-state index in [2.05, 4.69) is 5.32 Å². The van der Waals surface area contributed by atoms with Crippen LogP contribution >= 0.6 is 0 Å². The summed E-state index contributed by atoms with van der Waals surface area (Å²) in [6, 6.07) is 10.3. The summed E-state index contributed by atoms with van der Waals surface area (Å²) in [5.74, 6) is 0.397. The summed E-state index contributed by atoms with van der Waals surface area (Å²) in [7, 11) is 0. The minimum absolute atomic E-state index is 0.132. The second kappa shape index (κ2) is 7.75. The van der Waals surface area contributed by atoms with Crippen molar-refractivity contribution in [1.29, 1.82) is 0 Å². The molecule has 2 aromatic carbocycles. The van der Waals surface area contributed by atoms with Gasteiger partial charge in [-0.1, -0.05) is 0 Å². The van der Waals surface area contributed by atoms with Gasteiger partial charge in [0.2, 0.25) is 6.79 Å². The number of hydrogen-bond donors (Lipinski definition) is 3. The number of hydrogen-bond acceptors (Lipinski definition) is 7. The fourth-order valence-electron chi connectivity index (χ4n) is 4.40. The summed E-state index contributed by atoms with van der Waals surface area (Å²) in [5, 5.41) is 21.7. The first-order valence-corrected chi connectivity index (χ1v) is 10.0. The standard InChI is InChI=1S/C22H21NO8/c24-9-19-21-15(7-13(30-19)8-20(25)26)14-6-12(2-4-16(14)31-21)23-22(27)11-1-3-17-18(5-11)29-10-28-17/h1-6,13,15,19,21,24H,7-10H2,(H,23,27)(H,25,26)/t13-,15+,19+,21-/m1/s1. The van der Waals surface area contributed by atoms with Crippen molar-refractivity contribution < 1.29 is 38.7 Å². The van der Waals surface area contributed by atoms with E-state index in [4.69, 9.17) is 24.1 Å². The van der Waals surface area contributed by atoms with Gasteiger partial charge in [0.1, 0.15) is 18.0 Å². The molecule has 1 fully saturated rings. The van der Waals surface area contributed by atoms with Crippen molar-refractivity contribution in [2.45, 2.75) is 37.1 Å². The van der Waals surface area contributed by atoms with Gasteiger partial charge in [-0.2, -0.15) is 0 Å². The van der Waals surface area contributed by atoms with Crippen LogP contribution in [0.5, 0.6) is 17.2 Å². The smallest absolute Gasteiger partial charge is 0.305 e. The lowest BCUT2D eigenvalue weighted by atomic mass is 9.84. The van der Waals surface area contributed by atoms with Crippen LogP contribution in [-0.4, -0.2) is 53.8 Å². The van der Waals surface area contributed by atoms with Crippen molar-refractivity contribution in [2.24, 2.45) is 0 Å². The molecule has 162 valence electrons. The van der Waals surface area contributed by atoms with Crippen molar-refractivity contribution >= 4 is 17.6 Å². The van der Waals surface area contributed by atoms with Gasteiger partial charge in [-0.3, -0.25) is 9.59 Å². The van der Waals surface area contributed by atoms with Crippen LogP contribution in [0.1, 0.15) is 34.7 Å². The molecule has 3 aliphatic rings. The molecule has 0 bridgehead atoms. The number of carboxylic acids is 1. The van der Waals surface area contributed by atoms with Gasteiger partial charge in [-0.05, 0) is 42.8 Å². The van der Waals surface area contributed by atoms with Crippen LogP contribution in [0.15, 0.2) is 36.4 Å². The molecule has 0 aromatic heterocycles. The number of anilines is 1. The summed E-state index contributed by atoms with van der Waals surface area (Å²) >= 11 is 0. The molecular formula is C22H21NO8. The molecule has 9 nitrogen and oxygen atoms in total. The summed E-state index contributed by atoms with van der Waals surface area (Å²) in [5.41, 5.74) is 1.89. The molecular weight excluding hydrogens is 406 g/mol. The first-order valence-electron chi connectivity index (χ1n) is 10.0. The number of nitrogens with one attached hydrogen (secondary N) is 1. The normalized spacial score (nSPS) is 25.3. The van der Waals surface area contributed by atoms with Gasteiger partial charge in [-0.15, -0.1) is 0 Å². The number of benzene rings is 2. The number of carboxylic acid groups (broad SMARTS) is 1. The molecule has 2 aromatic rings. The molecule has 31 heavy (non-hydrogen) atoms. The first kappa shape index (κ1) is 19.7. The second-order valence-electron chi connectivity index (χ2n) is 7.78. The zero-order valence-corrected chi connectivity index (χ0v) is 16.4. The third kappa shape index (κ3) is 3.66. The van der Waals surface area contributed by atoms with Gasteiger partial charge >= 0.3 is 5.97 Å². The molecule has 5 rings (SSSR count). The fraction of sp³-hybridized carbons (Fsp3) is 0.364. The molecule has 1 amide bonds. The highest BCUT2D eigenvalue weighted by Crippen LogP contribution is 2.47. The Morgan fingerprint density at radius 3 is 2.68 bits per heavy atom. The number of aliphatic hydroxyl groups is 1. The minimum atomic E-state index is -0.955. The fourth-order valence-corrected chi connectivity index (χ4v) is 4.40. The second-order valence-corrected chi connectivity index (χ2v) is 7.78. The number of ether oxygens (including phenoxy) is 4. The molecule has 4 atom stereocenters. The van der Waals surface area contributed by atoms with E-state index in [0.29, 0.717) is 34.9 Å². The monoisotopic (exact) mass is 427 g/mol. The maximum Gasteiger partial charge on any atom is 0.305 e. The Labute approximate surface area is 177 Å². The molecule has 3 aliphatic heterocycles. The zero-order chi connectivity index (χ0) is 21.5. The molecule has 3 heterocycles.